The van der Waals surface area contributed by atoms with E-state index in [1.807, 2.05) is 0 Å². The third-order valence-electron chi connectivity index (χ3n) is 5.67. The maximum atomic E-state index is 13.6. The van der Waals surface area contributed by atoms with E-state index in [1.165, 1.54) is 21.7 Å². The van der Waals surface area contributed by atoms with E-state index in [9.17, 15) is 27.3 Å². The Kier molecular flexibility index (Phi) is 6.96. The summed E-state index contributed by atoms with van der Waals surface area (Å²) in [6, 6.07) is 2.57. The van der Waals surface area contributed by atoms with Crippen molar-refractivity contribution in [2.75, 3.05) is 31.6 Å². The molecule has 0 aliphatic carbocycles. The average Bonchev–Trinajstić information content (AvgIpc) is 3.32. The van der Waals surface area contributed by atoms with Crippen molar-refractivity contribution in [3.8, 4) is 5.75 Å². The molecule has 1 fully saturated rings. The fourth-order valence-corrected chi connectivity index (χ4v) is 5.27. The van der Waals surface area contributed by atoms with Crippen LogP contribution in [0.1, 0.15) is 29.4 Å². The van der Waals surface area contributed by atoms with E-state index in [1.54, 1.807) is 14.0 Å². The van der Waals surface area contributed by atoms with E-state index in [0.717, 1.165) is 12.1 Å². The number of carbonyl (C=O) groups is 2. The lowest BCUT2D eigenvalue weighted by Crippen LogP contribution is -2.43. The zero-order chi connectivity index (χ0) is 24.6. The zero-order valence-electron chi connectivity index (χ0n) is 18.3. The van der Waals surface area contributed by atoms with Crippen LogP contribution in [0.4, 0.5) is 23.7 Å². The third kappa shape index (κ3) is 4.68. The van der Waals surface area contributed by atoms with Crippen molar-refractivity contribution in [1.29, 1.82) is 0 Å². The summed E-state index contributed by atoms with van der Waals surface area (Å²) in [5.41, 5.74) is -0.838. The second-order valence-electron chi connectivity index (χ2n) is 7.94. The van der Waals surface area contributed by atoms with Crippen LogP contribution in [0.3, 0.4) is 0 Å². The van der Waals surface area contributed by atoms with Gasteiger partial charge in [-0.1, -0.05) is 0 Å². The van der Waals surface area contributed by atoms with E-state index in [2.05, 4.69) is 10.0 Å². The quantitative estimate of drug-likeness (QED) is 0.626. The number of aryl methyl sites for hydroxylation is 1. The number of anilines is 1. The lowest BCUT2D eigenvalue weighted by atomic mass is 10.1. The van der Waals surface area contributed by atoms with Crippen LogP contribution < -0.4 is 14.8 Å². The second kappa shape index (κ2) is 9.76. The van der Waals surface area contributed by atoms with E-state index in [4.69, 9.17) is 9.47 Å². The molecule has 3 heterocycles. The monoisotopic (exact) mass is 500 g/mol. The van der Waals surface area contributed by atoms with Crippen molar-refractivity contribution < 1.29 is 36.8 Å². The molecule has 13 heteroatoms. The molecule has 2 aliphatic heterocycles. The molecule has 184 valence electrons. The van der Waals surface area contributed by atoms with Crippen LogP contribution in [0.15, 0.2) is 29.3 Å². The molecule has 1 aromatic carbocycles. The van der Waals surface area contributed by atoms with Gasteiger partial charge in [-0.3, -0.25) is 4.79 Å². The summed E-state index contributed by atoms with van der Waals surface area (Å²) in [4.78, 5) is 26.8. The number of nitrogens with one attached hydrogen (secondary N) is 2. The maximum Gasteiger partial charge on any atom is 0.409 e. The number of hydrogen-bond donors (Lipinski definition) is 2. The molecule has 1 saturated heterocycles. The van der Waals surface area contributed by atoms with Gasteiger partial charge < -0.3 is 28.8 Å². The lowest BCUT2D eigenvalue weighted by Gasteiger charge is -2.24. The van der Waals surface area contributed by atoms with Gasteiger partial charge in [0, 0.05) is 31.7 Å². The number of alkyl halides is 2. The third-order valence-corrected chi connectivity index (χ3v) is 6.88. The summed E-state index contributed by atoms with van der Waals surface area (Å²) >= 11 is -1.75. The standard InChI is InChI=1S/C21H23F3N4O5S/c1-3-32-21(30)28-7-11-10-33-18-16(34(31)26-15(11)8-28)9-27(2)17(18)20(29)25-12-4-5-14(22)13(6-12)19(23)24/h4-6,9,11,15,19,26H,3,7-8,10H2,1-2H3,(H,25,29). The van der Waals surface area contributed by atoms with Gasteiger partial charge in [0.25, 0.3) is 12.3 Å². The number of rotatable bonds is 4. The van der Waals surface area contributed by atoms with Gasteiger partial charge in [0.2, 0.25) is 10.6 Å². The molecule has 3 atom stereocenters. The topological polar surface area (TPSA) is 108 Å². The van der Waals surface area contributed by atoms with Crippen molar-refractivity contribution in [2.24, 2.45) is 13.0 Å². The van der Waals surface area contributed by atoms with Crippen LogP contribution in [-0.4, -0.2) is 58.4 Å². The number of amides is 2. The summed E-state index contributed by atoms with van der Waals surface area (Å²) in [5.74, 6) is -1.91. The van der Waals surface area contributed by atoms with Gasteiger partial charge in [-0.2, -0.15) is 0 Å². The second-order valence-corrected chi connectivity index (χ2v) is 9.15. The zero-order valence-corrected chi connectivity index (χ0v) is 19.2. The van der Waals surface area contributed by atoms with Gasteiger partial charge in [-0.15, -0.1) is 4.72 Å². The molecule has 2 N–H and O–H groups in total. The predicted octanol–water partition coefficient (Wildman–Crippen LogP) is 2.82. The minimum atomic E-state index is -3.04. The normalized spacial score (nSPS) is 21.9. The summed E-state index contributed by atoms with van der Waals surface area (Å²) in [6.45, 7) is 2.69. The smallest absolute Gasteiger partial charge is 0.409 e. The highest BCUT2D eigenvalue weighted by atomic mass is 32.2. The molecule has 4 rings (SSSR count). The van der Waals surface area contributed by atoms with Crippen LogP contribution in [0.2, 0.25) is 0 Å². The Bertz CT molecular complexity index is 1100. The number of benzene rings is 1. The number of carbonyl (C=O) groups excluding carboxylic acids is 2. The number of nitrogens with zero attached hydrogens (tertiary/aromatic N) is 2. The molecule has 0 saturated carbocycles. The number of hydrogen-bond acceptors (Lipinski definition) is 6. The first-order valence-electron chi connectivity index (χ1n) is 10.5. The highest BCUT2D eigenvalue weighted by molar-refractivity contribution is 7.89. The number of aromatic nitrogens is 1. The predicted molar refractivity (Wildman–Crippen MR) is 116 cm³/mol. The van der Waals surface area contributed by atoms with Crippen molar-refractivity contribution in [3.05, 3.63) is 41.5 Å². The molecule has 34 heavy (non-hydrogen) atoms. The molecule has 9 nitrogen and oxygen atoms in total. The van der Waals surface area contributed by atoms with Crippen LogP contribution in [0.25, 0.3) is 0 Å². The number of likely N-dealkylation sites (tertiary alicyclic amines) is 1. The Labute approximate surface area is 196 Å². The first kappa shape index (κ1) is 24.2. The maximum absolute atomic E-state index is 13.6. The van der Waals surface area contributed by atoms with Crippen LogP contribution >= 0.6 is 0 Å². The highest BCUT2D eigenvalue weighted by Gasteiger charge is 2.43. The Morgan fingerprint density at radius 3 is 2.85 bits per heavy atom. The minimum absolute atomic E-state index is 0.0202. The van der Waals surface area contributed by atoms with Crippen molar-refractivity contribution in [2.45, 2.75) is 24.3 Å². The summed E-state index contributed by atoms with van der Waals surface area (Å²) in [5, 5.41) is 2.46. The fraction of sp³-hybridized carbons (Fsp3) is 0.429. The summed E-state index contributed by atoms with van der Waals surface area (Å²) in [7, 11) is 1.55. The van der Waals surface area contributed by atoms with Crippen LogP contribution in [0.5, 0.6) is 5.75 Å². The van der Waals surface area contributed by atoms with Crippen molar-refractivity contribution in [3.63, 3.8) is 0 Å². The molecule has 3 unspecified atom stereocenters. The van der Waals surface area contributed by atoms with Crippen LogP contribution in [0, 0.1) is 11.7 Å². The Morgan fingerprint density at radius 1 is 1.38 bits per heavy atom. The molecule has 0 bridgehead atoms. The van der Waals surface area contributed by atoms with Crippen molar-refractivity contribution >= 4 is 29.0 Å². The van der Waals surface area contributed by atoms with Crippen molar-refractivity contribution in [1.82, 2.24) is 14.2 Å². The van der Waals surface area contributed by atoms with Gasteiger partial charge in [0.1, 0.15) is 5.82 Å². The first-order valence-corrected chi connectivity index (χ1v) is 11.6. The fourth-order valence-electron chi connectivity index (χ4n) is 4.02. The molecule has 0 spiro atoms. The Morgan fingerprint density at radius 2 is 2.15 bits per heavy atom. The van der Waals surface area contributed by atoms with Gasteiger partial charge in [-0.05, 0) is 25.1 Å². The molecule has 2 amide bonds. The van der Waals surface area contributed by atoms with E-state index < -0.39 is 41.2 Å². The van der Waals surface area contributed by atoms with E-state index >= 15 is 0 Å². The van der Waals surface area contributed by atoms with E-state index in [-0.39, 0.29) is 47.2 Å². The van der Waals surface area contributed by atoms with Crippen LogP contribution in [-0.2, 0) is 23.1 Å². The molecular weight excluding hydrogens is 477 g/mol. The first-order chi connectivity index (χ1) is 16.2. The number of halogens is 3. The Hall–Kier alpha value is -2.90. The van der Waals surface area contributed by atoms with Gasteiger partial charge in [-0.25, -0.2) is 18.0 Å². The Balaban J connectivity index is 1.56. The van der Waals surface area contributed by atoms with E-state index in [0.29, 0.717) is 13.1 Å². The number of ether oxygens (including phenoxy) is 2. The lowest BCUT2D eigenvalue weighted by molar-refractivity contribution is 0.101. The largest absolute Gasteiger partial charge is 0.593 e. The minimum Gasteiger partial charge on any atom is -0.593 e. The number of fused-ring (bicyclic) bond motifs is 2. The summed E-state index contributed by atoms with van der Waals surface area (Å²) < 4.78 is 68.0. The molecular formula is C21H23F3N4O5S. The average molecular weight is 500 g/mol. The summed E-state index contributed by atoms with van der Waals surface area (Å²) in [6.07, 6.45) is -2.04. The van der Waals surface area contributed by atoms with Gasteiger partial charge >= 0.3 is 6.09 Å². The molecule has 0 radical (unpaired) electrons. The van der Waals surface area contributed by atoms with Gasteiger partial charge in [0.05, 0.1) is 42.4 Å². The molecule has 2 aliphatic rings. The highest BCUT2D eigenvalue weighted by Crippen LogP contribution is 2.35. The molecule has 2 aromatic rings. The van der Waals surface area contributed by atoms with Gasteiger partial charge in [0.15, 0.2) is 5.69 Å². The molecule has 1 aromatic heterocycles. The SMILES string of the molecule is CCOC(=O)N1CC2COc3c(cn(C)c3C(=O)Nc3ccc(F)c(C(F)F)c3)[S+]([O-])NC2C1.